The number of nitrogens with zero attached hydrogens (tertiary/aromatic N) is 3. The molecule has 0 radical (unpaired) electrons. The second kappa shape index (κ2) is 4.42. The summed E-state index contributed by atoms with van der Waals surface area (Å²) in [6, 6.07) is 7.07. The topological polar surface area (TPSA) is 71.2 Å². The van der Waals surface area contributed by atoms with E-state index in [1.54, 1.807) is 22.9 Å². The molecule has 5 nitrogen and oxygen atoms in total. The van der Waals surface area contributed by atoms with Crippen molar-refractivity contribution in [2.24, 2.45) is 0 Å². The number of phenolic OH excluding ortho intramolecular Hbond substituents is 1. The summed E-state index contributed by atoms with van der Waals surface area (Å²) in [5.41, 5.74) is 0.965. The van der Waals surface area contributed by atoms with E-state index in [4.69, 9.17) is 0 Å². The molecule has 0 aliphatic carbocycles. The summed E-state index contributed by atoms with van der Waals surface area (Å²) < 4.78 is 1.61. The molecule has 0 amide bonds. The number of phenols is 1. The predicted octanol–water partition coefficient (Wildman–Crippen LogP) is 1.40. The lowest BCUT2D eigenvalue weighted by atomic mass is 10.1. The fourth-order valence-corrected chi connectivity index (χ4v) is 2.30. The molecule has 1 aromatic carbocycles. The quantitative estimate of drug-likeness (QED) is 0.839. The van der Waals surface area contributed by atoms with Crippen molar-refractivity contribution in [2.45, 2.75) is 31.9 Å². The SMILES string of the molecule is Oc1cccc(Cc2nc3n(n2)C(O)CCC3)c1. The normalized spacial score (nSPS) is 18.6. The standard InChI is InChI=1S/C13H15N3O2/c17-10-4-1-3-9(7-10)8-11-14-12-5-2-6-13(18)16(12)15-11/h1,3-4,7,13,17-18H,2,5-6,8H2. The van der Waals surface area contributed by atoms with Crippen molar-refractivity contribution in [2.75, 3.05) is 0 Å². The summed E-state index contributed by atoms with van der Waals surface area (Å²) in [5.74, 6) is 1.79. The fourth-order valence-electron chi connectivity index (χ4n) is 2.30. The number of hydrogen-bond acceptors (Lipinski definition) is 4. The first-order valence-corrected chi connectivity index (χ1v) is 6.12. The van der Waals surface area contributed by atoms with Gasteiger partial charge in [-0.1, -0.05) is 12.1 Å². The van der Waals surface area contributed by atoms with Crippen LogP contribution >= 0.6 is 0 Å². The predicted molar refractivity (Wildman–Crippen MR) is 65.1 cm³/mol. The van der Waals surface area contributed by atoms with Crippen LogP contribution < -0.4 is 0 Å². The maximum atomic E-state index is 9.81. The highest BCUT2D eigenvalue weighted by molar-refractivity contribution is 5.29. The van der Waals surface area contributed by atoms with Crippen LogP contribution in [0.5, 0.6) is 5.75 Å². The molecule has 1 aliphatic rings. The fraction of sp³-hybridized carbons (Fsp3) is 0.385. The molecule has 1 atom stereocenters. The van der Waals surface area contributed by atoms with Crippen LogP contribution in [0.1, 0.15) is 36.3 Å². The molecule has 1 unspecified atom stereocenters. The molecule has 0 bridgehead atoms. The van der Waals surface area contributed by atoms with Crippen molar-refractivity contribution in [1.29, 1.82) is 0 Å². The number of aryl methyl sites for hydroxylation is 1. The Kier molecular flexibility index (Phi) is 2.76. The summed E-state index contributed by atoms with van der Waals surface area (Å²) in [5, 5.41) is 23.5. The smallest absolute Gasteiger partial charge is 0.155 e. The van der Waals surface area contributed by atoms with Gasteiger partial charge in [-0.25, -0.2) is 9.67 Å². The number of benzene rings is 1. The van der Waals surface area contributed by atoms with E-state index in [-0.39, 0.29) is 5.75 Å². The molecular weight excluding hydrogens is 230 g/mol. The Morgan fingerprint density at radius 1 is 1.39 bits per heavy atom. The highest BCUT2D eigenvalue weighted by atomic mass is 16.3. The van der Waals surface area contributed by atoms with Gasteiger partial charge in [0, 0.05) is 12.8 Å². The lowest BCUT2D eigenvalue weighted by Gasteiger charge is -2.17. The molecule has 1 aliphatic heterocycles. The number of aromatic nitrogens is 3. The minimum Gasteiger partial charge on any atom is -0.508 e. The molecule has 2 heterocycles. The first-order valence-electron chi connectivity index (χ1n) is 6.12. The van der Waals surface area contributed by atoms with E-state index in [0.29, 0.717) is 12.2 Å². The highest BCUT2D eigenvalue weighted by Crippen LogP contribution is 2.21. The molecule has 3 rings (SSSR count). The Hall–Kier alpha value is -1.88. The van der Waals surface area contributed by atoms with Crippen LogP contribution in [-0.2, 0) is 12.8 Å². The van der Waals surface area contributed by atoms with E-state index in [1.165, 1.54) is 0 Å². The van der Waals surface area contributed by atoms with Crippen LogP contribution in [0, 0.1) is 0 Å². The first kappa shape index (κ1) is 11.2. The number of rotatable bonds is 2. The van der Waals surface area contributed by atoms with Gasteiger partial charge in [-0.15, -0.1) is 0 Å². The number of aromatic hydroxyl groups is 1. The second-order valence-electron chi connectivity index (χ2n) is 4.61. The second-order valence-corrected chi connectivity index (χ2v) is 4.61. The van der Waals surface area contributed by atoms with Gasteiger partial charge in [0.05, 0.1) is 0 Å². The van der Waals surface area contributed by atoms with Gasteiger partial charge in [-0.3, -0.25) is 0 Å². The Bertz CT molecular complexity index is 565. The summed E-state index contributed by atoms with van der Waals surface area (Å²) in [4.78, 5) is 4.44. The van der Waals surface area contributed by atoms with Crippen molar-refractivity contribution in [3.05, 3.63) is 41.5 Å². The van der Waals surface area contributed by atoms with E-state index in [9.17, 15) is 10.2 Å². The van der Waals surface area contributed by atoms with Gasteiger partial charge >= 0.3 is 0 Å². The van der Waals surface area contributed by atoms with Crippen molar-refractivity contribution in [1.82, 2.24) is 14.8 Å². The van der Waals surface area contributed by atoms with Gasteiger partial charge in [0.25, 0.3) is 0 Å². The van der Waals surface area contributed by atoms with Crippen molar-refractivity contribution in [3.8, 4) is 5.75 Å². The molecule has 0 spiro atoms. The van der Waals surface area contributed by atoms with E-state index in [1.807, 2.05) is 6.07 Å². The van der Waals surface area contributed by atoms with Crippen molar-refractivity contribution >= 4 is 0 Å². The lowest BCUT2D eigenvalue weighted by molar-refractivity contribution is 0.0644. The average Bonchev–Trinajstić information content (AvgIpc) is 2.73. The molecule has 5 heteroatoms. The van der Waals surface area contributed by atoms with Crippen molar-refractivity contribution < 1.29 is 10.2 Å². The van der Waals surface area contributed by atoms with Gasteiger partial charge in [0.1, 0.15) is 17.8 Å². The average molecular weight is 245 g/mol. The van der Waals surface area contributed by atoms with Gasteiger partial charge in [-0.2, -0.15) is 5.10 Å². The minimum atomic E-state index is -0.542. The monoisotopic (exact) mass is 245 g/mol. The molecule has 0 saturated carbocycles. The third kappa shape index (κ3) is 2.09. The van der Waals surface area contributed by atoms with E-state index in [0.717, 1.165) is 30.7 Å². The van der Waals surface area contributed by atoms with Gasteiger partial charge in [0.15, 0.2) is 5.82 Å². The number of aliphatic hydroxyl groups excluding tert-OH is 1. The molecule has 0 saturated heterocycles. The Morgan fingerprint density at radius 2 is 2.28 bits per heavy atom. The summed E-state index contributed by atoms with van der Waals surface area (Å²) >= 11 is 0. The molecule has 2 aromatic rings. The number of fused-ring (bicyclic) bond motifs is 1. The van der Waals surface area contributed by atoms with E-state index >= 15 is 0 Å². The summed E-state index contributed by atoms with van der Waals surface area (Å²) in [7, 11) is 0. The minimum absolute atomic E-state index is 0.247. The maximum absolute atomic E-state index is 9.81. The molecule has 2 N–H and O–H groups in total. The Balaban J connectivity index is 1.85. The van der Waals surface area contributed by atoms with Gasteiger partial charge in [0.2, 0.25) is 0 Å². The zero-order chi connectivity index (χ0) is 12.5. The first-order chi connectivity index (χ1) is 8.72. The third-order valence-corrected chi connectivity index (χ3v) is 3.16. The van der Waals surface area contributed by atoms with Crippen LogP contribution in [0.25, 0.3) is 0 Å². The number of aliphatic hydroxyl groups is 1. The summed E-state index contributed by atoms with van der Waals surface area (Å²) in [6.45, 7) is 0. The lowest BCUT2D eigenvalue weighted by Crippen LogP contribution is -2.18. The molecule has 18 heavy (non-hydrogen) atoms. The highest BCUT2D eigenvalue weighted by Gasteiger charge is 2.20. The zero-order valence-electron chi connectivity index (χ0n) is 9.95. The van der Waals surface area contributed by atoms with Crippen LogP contribution in [0.3, 0.4) is 0 Å². The molecule has 1 aromatic heterocycles. The van der Waals surface area contributed by atoms with E-state index in [2.05, 4.69) is 10.1 Å². The zero-order valence-corrected chi connectivity index (χ0v) is 9.95. The largest absolute Gasteiger partial charge is 0.508 e. The molecule has 0 fully saturated rings. The third-order valence-electron chi connectivity index (χ3n) is 3.16. The van der Waals surface area contributed by atoms with Crippen LogP contribution in [0.4, 0.5) is 0 Å². The van der Waals surface area contributed by atoms with E-state index < -0.39 is 6.23 Å². The van der Waals surface area contributed by atoms with Crippen molar-refractivity contribution in [3.63, 3.8) is 0 Å². The maximum Gasteiger partial charge on any atom is 0.155 e. The summed E-state index contributed by atoms with van der Waals surface area (Å²) in [6.07, 6.45) is 2.58. The molecule has 94 valence electrons. The van der Waals surface area contributed by atoms with Crippen LogP contribution in [-0.4, -0.2) is 25.0 Å². The Labute approximate surface area is 105 Å². The Morgan fingerprint density at radius 3 is 3.06 bits per heavy atom. The van der Waals surface area contributed by atoms with Gasteiger partial charge in [-0.05, 0) is 30.5 Å². The van der Waals surface area contributed by atoms with Gasteiger partial charge < -0.3 is 10.2 Å². The van der Waals surface area contributed by atoms with Crippen LogP contribution in [0.2, 0.25) is 0 Å². The molecular formula is C13H15N3O2. The van der Waals surface area contributed by atoms with Crippen LogP contribution in [0.15, 0.2) is 24.3 Å². The number of hydrogen-bond donors (Lipinski definition) is 2.